The summed E-state index contributed by atoms with van der Waals surface area (Å²) in [6, 6.07) is 4.80. The number of fused-ring (bicyclic) bond motifs is 1. The van der Waals surface area contributed by atoms with Gasteiger partial charge in [-0.2, -0.15) is 0 Å². The molecule has 1 aliphatic carbocycles. The summed E-state index contributed by atoms with van der Waals surface area (Å²) in [4.78, 5) is 11.6. The lowest BCUT2D eigenvalue weighted by Crippen LogP contribution is -1.99. The third-order valence-corrected chi connectivity index (χ3v) is 7.46. The Bertz CT molecular complexity index is 1030. The van der Waals surface area contributed by atoms with Crippen molar-refractivity contribution in [2.45, 2.75) is 35.2 Å². The summed E-state index contributed by atoms with van der Waals surface area (Å²) in [5.74, 6) is 0.787. The van der Waals surface area contributed by atoms with Crippen molar-refractivity contribution in [1.29, 1.82) is 0 Å². The van der Waals surface area contributed by atoms with Crippen molar-refractivity contribution >= 4 is 61.1 Å². The summed E-state index contributed by atoms with van der Waals surface area (Å²) >= 11 is 6.58. The number of hydrogen-bond acceptors (Lipinski definition) is 9. The van der Waals surface area contributed by atoms with E-state index in [1.807, 2.05) is 6.92 Å². The normalized spacial score (nSPS) is 14.3. The van der Waals surface area contributed by atoms with Crippen molar-refractivity contribution in [3.63, 3.8) is 0 Å². The molecule has 4 aromatic rings. The van der Waals surface area contributed by atoms with Crippen molar-refractivity contribution in [2.75, 3.05) is 5.32 Å². The van der Waals surface area contributed by atoms with Crippen molar-refractivity contribution in [2.24, 2.45) is 0 Å². The Hall–Kier alpha value is -1.55. The fraction of sp³-hybridized carbons (Fsp3) is 0.250. The second-order valence-electron chi connectivity index (χ2n) is 5.78. The molecular formula is C16H13N5S4. The number of hydrogen-bond donors (Lipinski definition) is 1. The first-order valence-electron chi connectivity index (χ1n) is 7.84. The van der Waals surface area contributed by atoms with E-state index in [9.17, 15) is 0 Å². The number of anilines is 1. The number of rotatable bonds is 5. The first-order chi connectivity index (χ1) is 12.3. The second kappa shape index (κ2) is 6.31. The van der Waals surface area contributed by atoms with Crippen LogP contribution in [-0.2, 0) is 0 Å². The monoisotopic (exact) mass is 403 g/mol. The third-order valence-electron chi connectivity index (χ3n) is 3.79. The van der Waals surface area contributed by atoms with Crippen LogP contribution in [0.3, 0.4) is 0 Å². The van der Waals surface area contributed by atoms with Crippen molar-refractivity contribution in [1.82, 2.24) is 20.2 Å². The van der Waals surface area contributed by atoms with Gasteiger partial charge < -0.3 is 5.32 Å². The van der Waals surface area contributed by atoms with Gasteiger partial charge in [-0.05, 0) is 43.0 Å². The maximum Gasteiger partial charge on any atom is 0.206 e. The molecule has 5 rings (SSSR count). The summed E-state index contributed by atoms with van der Waals surface area (Å²) in [5.41, 5.74) is 1.21. The molecule has 1 saturated carbocycles. The molecule has 9 heteroatoms. The van der Waals surface area contributed by atoms with Gasteiger partial charge in [0.25, 0.3) is 0 Å². The zero-order valence-corrected chi connectivity index (χ0v) is 16.5. The highest BCUT2D eigenvalue weighted by atomic mass is 32.2. The molecule has 0 saturated heterocycles. The number of nitrogens with zero attached hydrogens (tertiary/aromatic N) is 4. The van der Waals surface area contributed by atoms with E-state index >= 15 is 0 Å². The van der Waals surface area contributed by atoms with Crippen LogP contribution >= 0.6 is 45.8 Å². The molecule has 1 aliphatic rings. The molecule has 0 atom stereocenters. The fourth-order valence-corrected chi connectivity index (χ4v) is 6.29. The Labute approximate surface area is 160 Å². The van der Waals surface area contributed by atoms with Crippen LogP contribution in [0.25, 0.3) is 20.7 Å². The van der Waals surface area contributed by atoms with Crippen LogP contribution in [0.5, 0.6) is 0 Å². The standard InChI is InChI=1S/C16H13N5S4/c1-8-17-13-12(10(7-23-13)11-3-2-6-22-11)14(18-8)24-16-21-20-15(25-16)19-9-4-5-9/h2-3,6-7,9H,4-5H2,1H3,(H,19,20). The molecule has 0 bridgehead atoms. The lowest BCUT2D eigenvalue weighted by Gasteiger charge is -2.03. The zero-order valence-electron chi connectivity index (χ0n) is 13.2. The molecule has 0 spiro atoms. The quantitative estimate of drug-likeness (QED) is 0.456. The summed E-state index contributed by atoms with van der Waals surface area (Å²) in [5, 5.41) is 19.2. The number of aromatic nitrogens is 4. The minimum Gasteiger partial charge on any atom is -0.357 e. The zero-order chi connectivity index (χ0) is 16.8. The highest BCUT2D eigenvalue weighted by Crippen LogP contribution is 2.42. The topological polar surface area (TPSA) is 63.6 Å². The molecule has 4 aromatic heterocycles. The lowest BCUT2D eigenvalue weighted by atomic mass is 10.2. The van der Waals surface area contributed by atoms with Gasteiger partial charge in [-0.25, -0.2) is 9.97 Å². The van der Waals surface area contributed by atoms with Gasteiger partial charge >= 0.3 is 0 Å². The van der Waals surface area contributed by atoms with Gasteiger partial charge in [-0.15, -0.1) is 32.9 Å². The molecular weight excluding hydrogens is 390 g/mol. The van der Waals surface area contributed by atoms with E-state index in [1.165, 1.54) is 23.3 Å². The molecule has 0 aliphatic heterocycles. The molecule has 1 fully saturated rings. The van der Waals surface area contributed by atoms with Crippen molar-refractivity contribution < 1.29 is 0 Å². The van der Waals surface area contributed by atoms with E-state index in [4.69, 9.17) is 4.98 Å². The minimum absolute atomic E-state index is 0.584. The van der Waals surface area contributed by atoms with E-state index in [2.05, 4.69) is 43.4 Å². The molecule has 0 amide bonds. The van der Waals surface area contributed by atoms with E-state index < -0.39 is 0 Å². The lowest BCUT2D eigenvalue weighted by molar-refractivity contribution is 0.984. The summed E-state index contributed by atoms with van der Waals surface area (Å²) in [6.07, 6.45) is 2.46. The Morgan fingerprint density at radius 3 is 2.92 bits per heavy atom. The van der Waals surface area contributed by atoms with Crippen LogP contribution < -0.4 is 5.32 Å². The van der Waals surface area contributed by atoms with Gasteiger partial charge in [-0.3, -0.25) is 0 Å². The van der Waals surface area contributed by atoms with Gasteiger partial charge in [0.15, 0.2) is 4.34 Å². The molecule has 0 radical (unpaired) electrons. The van der Waals surface area contributed by atoms with E-state index in [-0.39, 0.29) is 0 Å². The van der Waals surface area contributed by atoms with Gasteiger partial charge in [0, 0.05) is 21.9 Å². The number of nitrogens with one attached hydrogen (secondary N) is 1. The average Bonchev–Trinajstić information content (AvgIpc) is 3.01. The van der Waals surface area contributed by atoms with E-state index in [1.54, 1.807) is 45.8 Å². The van der Waals surface area contributed by atoms with Gasteiger partial charge in [0.2, 0.25) is 5.13 Å². The van der Waals surface area contributed by atoms with Crippen LogP contribution in [0.2, 0.25) is 0 Å². The van der Waals surface area contributed by atoms with E-state index in [0.717, 1.165) is 30.5 Å². The molecule has 0 unspecified atom stereocenters. The van der Waals surface area contributed by atoms with E-state index in [0.29, 0.717) is 6.04 Å². The first-order valence-corrected chi connectivity index (χ1v) is 11.2. The Morgan fingerprint density at radius 1 is 1.20 bits per heavy atom. The van der Waals surface area contributed by atoms with Gasteiger partial charge in [0.1, 0.15) is 15.7 Å². The summed E-state index contributed by atoms with van der Waals surface area (Å²) < 4.78 is 0.908. The largest absolute Gasteiger partial charge is 0.357 e. The van der Waals surface area contributed by atoms with Gasteiger partial charge in [0.05, 0.1) is 5.39 Å². The molecule has 25 heavy (non-hydrogen) atoms. The third kappa shape index (κ3) is 3.17. The molecule has 0 aromatic carbocycles. The maximum absolute atomic E-state index is 4.70. The molecule has 5 nitrogen and oxygen atoms in total. The van der Waals surface area contributed by atoms with Crippen molar-refractivity contribution in [3.8, 4) is 10.4 Å². The van der Waals surface area contributed by atoms with Crippen LogP contribution in [0, 0.1) is 6.92 Å². The highest BCUT2D eigenvalue weighted by Gasteiger charge is 2.23. The maximum atomic E-state index is 4.70. The predicted octanol–water partition coefficient (Wildman–Crippen LogP) is 5.31. The summed E-state index contributed by atoms with van der Waals surface area (Å²) in [7, 11) is 0. The van der Waals surface area contributed by atoms with Gasteiger partial charge in [-0.1, -0.05) is 17.4 Å². The second-order valence-corrected chi connectivity index (χ2v) is 9.80. The Morgan fingerprint density at radius 2 is 2.12 bits per heavy atom. The molecule has 4 heterocycles. The minimum atomic E-state index is 0.584. The van der Waals surface area contributed by atoms with Crippen molar-refractivity contribution in [3.05, 3.63) is 28.7 Å². The molecule has 1 N–H and O–H groups in total. The number of thiophene rings is 2. The number of aryl methyl sites for hydroxylation is 1. The van der Waals surface area contributed by atoms with Crippen LogP contribution in [-0.4, -0.2) is 26.2 Å². The first kappa shape index (κ1) is 15.7. The van der Waals surface area contributed by atoms with Crippen LogP contribution in [0.1, 0.15) is 18.7 Å². The average molecular weight is 404 g/mol. The SMILES string of the molecule is Cc1nc(Sc2nnc(NC3CC3)s2)c2c(-c3cccs3)csc2n1. The Kier molecular flexibility index (Phi) is 3.96. The summed E-state index contributed by atoms with van der Waals surface area (Å²) in [6.45, 7) is 1.94. The predicted molar refractivity (Wildman–Crippen MR) is 106 cm³/mol. The van der Waals surface area contributed by atoms with Crippen LogP contribution in [0.15, 0.2) is 32.3 Å². The Balaban J connectivity index is 1.55. The fourth-order valence-electron chi connectivity index (χ4n) is 2.49. The highest BCUT2D eigenvalue weighted by molar-refractivity contribution is 8.01. The molecule has 126 valence electrons. The van der Waals surface area contributed by atoms with Crippen LogP contribution in [0.4, 0.5) is 5.13 Å². The smallest absolute Gasteiger partial charge is 0.206 e.